The van der Waals surface area contributed by atoms with Gasteiger partial charge >= 0.3 is 0 Å². The molecule has 1 atom stereocenters. The van der Waals surface area contributed by atoms with Crippen molar-refractivity contribution in [1.29, 1.82) is 0 Å². The standard InChI is InChI=1S/C14H28ClN/c1-14(2,3)13-7-6-11-16(12-8-13)10-5-4-9-15/h13H,4-12H2,1-3H3. The molecule has 1 unspecified atom stereocenters. The molecule has 1 heterocycles. The summed E-state index contributed by atoms with van der Waals surface area (Å²) in [6.45, 7) is 11.0. The third-order valence-corrected chi connectivity index (χ3v) is 4.17. The molecule has 0 aliphatic carbocycles. The molecule has 0 aromatic heterocycles. The van der Waals surface area contributed by atoms with Gasteiger partial charge < -0.3 is 4.90 Å². The van der Waals surface area contributed by atoms with Crippen LogP contribution in [0.5, 0.6) is 0 Å². The molecule has 0 aromatic carbocycles. The summed E-state index contributed by atoms with van der Waals surface area (Å²) < 4.78 is 0. The molecule has 0 aromatic rings. The lowest BCUT2D eigenvalue weighted by atomic mass is 9.77. The first-order valence-electron chi connectivity index (χ1n) is 6.82. The maximum atomic E-state index is 5.72. The van der Waals surface area contributed by atoms with E-state index in [0.29, 0.717) is 5.41 Å². The van der Waals surface area contributed by atoms with Crippen LogP contribution in [0.1, 0.15) is 52.9 Å². The minimum absolute atomic E-state index is 0.492. The first kappa shape index (κ1) is 14.3. The summed E-state index contributed by atoms with van der Waals surface area (Å²) in [4.78, 5) is 2.64. The summed E-state index contributed by atoms with van der Waals surface area (Å²) in [5.41, 5.74) is 0.492. The molecule has 0 bridgehead atoms. The summed E-state index contributed by atoms with van der Waals surface area (Å²) in [5, 5.41) is 0. The maximum absolute atomic E-state index is 5.72. The van der Waals surface area contributed by atoms with Crippen LogP contribution in [0.25, 0.3) is 0 Å². The van der Waals surface area contributed by atoms with Crippen molar-refractivity contribution >= 4 is 11.6 Å². The monoisotopic (exact) mass is 245 g/mol. The Bertz CT molecular complexity index is 186. The third kappa shape index (κ3) is 5.05. The molecule has 16 heavy (non-hydrogen) atoms. The van der Waals surface area contributed by atoms with Gasteiger partial charge in [0.05, 0.1) is 0 Å². The Morgan fingerprint density at radius 1 is 1.12 bits per heavy atom. The van der Waals surface area contributed by atoms with Crippen LogP contribution in [0, 0.1) is 11.3 Å². The third-order valence-electron chi connectivity index (χ3n) is 3.90. The lowest BCUT2D eigenvalue weighted by Gasteiger charge is -2.29. The maximum Gasteiger partial charge on any atom is 0.0223 e. The van der Waals surface area contributed by atoms with Gasteiger partial charge in [0.1, 0.15) is 0 Å². The number of nitrogens with zero attached hydrogens (tertiary/aromatic N) is 1. The lowest BCUT2D eigenvalue weighted by molar-refractivity contribution is 0.207. The molecule has 0 saturated carbocycles. The number of unbranched alkanes of at least 4 members (excludes halogenated alkanes) is 1. The molecule has 1 saturated heterocycles. The van der Waals surface area contributed by atoms with Gasteiger partial charge in [0, 0.05) is 5.88 Å². The van der Waals surface area contributed by atoms with E-state index in [-0.39, 0.29) is 0 Å². The SMILES string of the molecule is CC(C)(C)C1CCCN(CCCCCl)CC1. The normalized spacial score (nSPS) is 24.4. The number of alkyl halides is 1. The first-order chi connectivity index (χ1) is 7.54. The van der Waals surface area contributed by atoms with Crippen molar-refractivity contribution in [2.75, 3.05) is 25.5 Å². The van der Waals surface area contributed by atoms with E-state index in [1.807, 2.05) is 0 Å². The zero-order valence-corrected chi connectivity index (χ0v) is 12.0. The second kappa shape index (κ2) is 6.86. The van der Waals surface area contributed by atoms with E-state index in [4.69, 9.17) is 11.6 Å². The van der Waals surface area contributed by atoms with Gasteiger partial charge in [0.25, 0.3) is 0 Å². The van der Waals surface area contributed by atoms with Gasteiger partial charge in [0.2, 0.25) is 0 Å². The van der Waals surface area contributed by atoms with Crippen LogP contribution in [0.4, 0.5) is 0 Å². The van der Waals surface area contributed by atoms with E-state index in [9.17, 15) is 0 Å². The average Bonchev–Trinajstić information content (AvgIpc) is 2.43. The van der Waals surface area contributed by atoms with E-state index in [0.717, 1.165) is 11.8 Å². The second-order valence-electron chi connectivity index (χ2n) is 6.23. The minimum atomic E-state index is 0.492. The van der Waals surface area contributed by atoms with Crippen LogP contribution in [0.2, 0.25) is 0 Å². The summed E-state index contributed by atoms with van der Waals surface area (Å²) in [7, 11) is 0. The lowest BCUT2D eigenvalue weighted by Crippen LogP contribution is -2.27. The highest BCUT2D eigenvalue weighted by molar-refractivity contribution is 6.17. The van der Waals surface area contributed by atoms with Gasteiger partial charge in [-0.1, -0.05) is 20.8 Å². The molecule has 0 spiro atoms. The zero-order valence-electron chi connectivity index (χ0n) is 11.3. The van der Waals surface area contributed by atoms with E-state index in [1.54, 1.807) is 0 Å². The van der Waals surface area contributed by atoms with Crippen LogP contribution in [0.3, 0.4) is 0 Å². The summed E-state index contributed by atoms with van der Waals surface area (Å²) in [6, 6.07) is 0. The van der Waals surface area contributed by atoms with Gasteiger partial charge in [-0.15, -0.1) is 11.6 Å². The van der Waals surface area contributed by atoms with E-state index in [2.05, 4.69) is 25.7 Å². The fourth-order valence-electron chi connectivity index (χ4n) is 2.68. The van der Waals surface area contributed by atoms with E-state index in [1.165, 1.54) is 51.7 Å². The van der Waals surface area contributed by atoms with Crippen molar-refractivity contribution in [1.82, 2.24) is 4.90 Å². The Kier molecular flexibility index (Phi) is 6.13. The molecule has 1 aliphatic heterocycles. The average molecular weight is 246 g/mol. The molecule has 0 amide bonds. The molecule has 2 heteroatoms. The summed E-state index contributed by atoms with van der Waals surface area (Å²) in [5.74, 6) is 1.73. The molecule has 96 valence electrons. The van der Waals surface area contributed by atoms with Gasteiger partial charge in [0.15, 0.2) is 0 Å². The number of hydrogen-bond donors (Lipinski definition) is 0. The molecule has 1 nitrogen and oxygen atoms in total. The Hall–Kier alpha value is 0.250. The van der Waals surface area contributed by atoms with Gasteiger partial charge in [-0.2, -0.15) is 0 Å². The molecular formula is C14H28ClN. The Labute approximate surface area is 107 Å². The van der Waals surface area contributed by atoms with Crippen molar-refractivity contribution in [3.8, 4) is 0 Å². The number of likely N-dealkylation sites (tertiary alicyclic amines) is 1. The molecule has 1 fully saturated rings. The van der Waals surface area contributed by atoms with Crippen molar-refractivity contribution in [2.24, 2.45) is 11.3 Å². The highest BCUT2D eigenvalue weighted by Gasteiger charge is 2.26. The van der Waals surface area contributed by atoms with Crippen LogP contribution < -0.4 is 0 Å². The minimum Gasteiger partial charge on any atom is -0.303 e. The molecular weight excluding hydrogens is 218 g/mol. The van der Waals surface area contributed by atoms with E-state index >= 15 is 0 Å². The predicted molar refractivity (Wildman–Crippen MR) is 73.2 cm³/mol. The Morgan fingerprint density at radius 3 is 2.50 bits per heavy atom. The zero-order chi connectivity index (χ0) is 12.0. The molecule has 1 aliphatic rings. The van der Waals surface area contributed by atoms with Crippen molar-refractivity contribution in [2.45, 2.75) is 52.9 Å². The van der Waals surface area contributed by atoms with E-state index < -0.39 is 0 Å². The van der Waals surface area contributed by atoms with Crippen LogP contribution in [0.15, 0.2) is 0 Å². The smallest absolute Gasteiger partial charge is 0.0223 e. The topological polar surface area (TPSA) is 3.24 Å². The summed E-state index contributed by atoms with van der Waals surface area (Å²) >= 11 is 5.72. The molecule has 1 rings (SSSR count). The van der Waals surface area contributed by atoms with Gasteiger partial charge in [-0.3, -0.25) is 0 Å². The fourth-order valence-corrected chi connectivity index (χ4v) is 2.86. The first-order valence-corrected chi connectivity index (χ1v) is 7.36. The quantitative estimate of drug-likeness (QED) is 0.531. The number of rotatable bonds is 4. The second-order valence-corrected chi connectivity index (χ2v) is 6.61. The molecule has 0 N–H and O–H groups in total. The van der Waals surface area contributed by atoms with Crippen molar-refractivity contribution in [3.63, 3.8) is 0 Å². The molecule has 0 radical (unpaired) electrons. The van der Waals surface area contributed by atoms with Gasteiger partial charge in [-0.05, 0) is 63.1 Å². The highest BCUT2D eigenvalue weighted by atomic mass is 35.5. The number of halogens is 1. The highest BCUT2D eigenvalue weighted by Crippen LogP contribution is 2.34. The fraction of sp³-hybridized carbons (Fsp3) is 1.00. The largest absolute Gasteiger partial charge is 0.303 e. The summed E-state index contributed by atoms with van der Waals surface area (Å²) in [6.07, 6.45) is 6.60. The van der Waals surface area contributed by atoms with Crippen LogP contribution in [-0.2, 0) is 0 Å². The van der Waals surface area contributed by atoms with Gasteiger partial charge in [-0.25, -0.2) is 0 Å². The van der Waals surface area contributed by atoms with Crippen molar-refractivity contribution < 1.29 is 0 Å². The predicted octanol–water partition coefficient (Wildman–Crippen LogP) is 4.15. The number of hydrogen-bond acceptors (Lipinski definition) is 1. The van der Waals surface area contributed by atoms with Crippen LogP contribution in [-0.4, -0.2) is 30.4 Å². The van der Waals surface area contributed by atoms with Crippen molar-refractivity contribution in [3.05, 3.63) is 0 Å². The Morgan fingerprint density at radius 2 is 1.88 bits per heavy atom. The Balaban J connectivity index is 2.29. The van der Waals surface area contributed by atoms with Crippen LogP contribution >= 0.6 is 11.6 Å².